The van der Waals surface area contributed by atoms with Crippen molar-refractivity contribution in [3.8, 4) is 51.0 Å². The highest BCUT2D eigenvalue weighted by Gasteiger charge is 2.51. The average Bonchev–Trinajstić information content (AvgIpc) is 3.99. The zero-order valence-corrected chi connectivity index (χ0v) is 31.3. The molecule has 0 bridgehead atoms. The van der Waals surface area contributed by atoms with E-state index in [9.17, 15) is 0 Å². The van der Waals surface area contributed by atoms with E-state index in [1.165, 1.54) is 70.1 Å². The topological polar surface area (TPSA) is 43.6 Å². The van der Waals surface area contributed by atoms with Crippen LogP contribution in [0.3, 0.4) is 0 Å². The Bertz CT molecular complexity index is 3440. The van der Waals surface area contributed by atoms with E-state index < -0.39 is 5.41 Å². The van der Waals surface area contributed by atoms with Gasteiger partial charge in [-0.15, -0.1) is 11.3 Å². The number of aromatic nitrogens is 4. The lowest BCUT2D eigenvalue weighted by atomic mass is 9.70. The molecule has 0 radical (unpaired) electrons. The van der Waals surface area contributed by atoms with E-state index >= 15 is 0 Å². The summed E-state index contributed by atoms with van der Waals surface area (Å²) in [5.74, 6) is 1.90. The Kier molecular flexibility index (Phi) is 6.22. The number of thiophene rings is 1. The van der Waals surface area contributed by atoms with Crippen LogP contribution in [0, 0.1) is 0 Å². The molecule has 2 aliphatic rings. The molecule has 0 aliphatic heterocycles. The molecule has 3 aromatic heterocycles. The summed E-state index contributed by atoms with van der Waals surface area (Å²) in [5.41, 5.74) is 14.1. The predicted octanol–water partition coefficient (Wildman–Crippen LogP) is 13.0. The first-order valence-electron chi connectivity index (χ1n) is 19.4. The minimum Gasteiger partial charge on any atom is -0.278 e. The van der Waals surface area contributed by atoms with Crippen LogP contribution >= 0.6 is 11.3 Å². The van der Waals surface area contributed by atoms with Gasteiger partial charge in [0.25, 0.3) is 0 Å². The third-order valence-electron chi connectivity index (χ3n) is 12.3. The Morgan fingerprint density at radius 1 is 0.386 bits per heavy atom. The zero-order chi connectivity index (χ0) is 37.2. The molecule has 0 unspecified atom stereocenters. The number of benzene rings is 8. The van der Waals surface area contributed by atoms with Crippen molar-refractivity contribution in [2.45, 2.75) is 5.41 Å². The summed E-state index contributed by atoms with van der Waals surface area (Å²) in [6.07, 6.45) is 0. The minimum atomic E-state index is -0.430. The third-order valence-corrected chi connectivity index (χ3v) is 13.5. The molecule has 8 aromatic carbocycles. The van der Waals surface area contributed by atoms with Gasteiger partial charge in [0.15, 0.2) is 11.6 Å². The number of para-hydroxylation sites is 1. The minimum absolute atomic E-state index is 0.430. The molecule has 13 rings (SSSR count). The summed E-state index contributed by atoms with van der Waals surface area (Å²) in [6, 6.07) is 65.9. The van der Waals surface area contributed by atoms with E-state index in [-0.39, 0.29) is 0 Å². The monoisotopic (exact) mass is 742 g/mol. The SMILES string of the molecule is c1ccc(-c2nc(-c3cccc4c3sc3ccccc34)nc(-n3c4ccccc4c4cc5c(cc43)-c3ccccc3C53c4ccccc4-c4ccccc43)n2)cc1. The van der Waals surface area contributed by atoms with Crippen LogP contribution in [0.2, 0.25) is 0 Å². The molecule has 0 fully saturated rings. The van der Waals surface area contributed by atoms with E-state index in [0.29, 0.717) is 17.6 Å². The molecule has 2 aliphatic carbocycles. The van der Waals surface area contributed by atoms with Crippen molar-refractivity contribution in [2.75, 3.05) is 0 Å². The molecule has 264 valence electrons. The number of nitrogens with zero attached hydrogens (tertiary/aromatic N) is 4. The highest BCUT2D eigenvalue weighted by Crippen LogP contribution is 2.63. The molecule has 0 amide bonds. The van der Waals surface area contributed by atoms with Crippen LogP contribution in [0.4, 0.5) is 0 Å². The summed E-state index contributed by atoms with van der Waals surface area (Å²) in [6.45, 7) is 0. The van der Waals surface area contributed by atoms with Crippen molar-refractivity contribution in [3.05, 3.63) is 204 Å². The quantitative estimate of drug-likeness (QED) is 0.181. The van der Waals surface area contributed by atoms with Crippen molar-refractivity contribution in [1.29, 1.82) is 0 Å². The number of fused-ring (bicyclic) bond motifs is 16. The molecule has 0 atom stereocenters. The van der Waals surface area contributed by atoms with E-state index in [0.717, 1.165) is 27.5 Å². The van der Waals surface area contributed by atoms with Crippen LogP contribution in [-0.2, 0) is 5.41 Å². The molecular weight excluding hydrogens is 713 g/mol. The van der Waals surface area contributed by atoms with E-state index in [1.54, 1.807) is 11.3 Å². The average molecular weight is 743 g/mol. The second-order valence-corrected chi connectivity index (χ2v) is 16.1. The van der Waals surface area contributed by atoms with Gasteiger partial charge in [-0.05, 0) is 74.8 Å². The fourth-order valence-electron chi connectivity index (χ4n) is 9.99. The zero-order valence-electron chi connectivity index (χ0n) is 30.5. The molecule has 57 heavy (non-hydrogen) atoms. The molecule has 1 spiro atoms. The Hall–Kier alpha value is -7.21. The fourth-order valence-corrected chi connectivity index (χ4v) is 11.2. The first-order chi connectivity index (χ1) is 28.3. The Labute approximate surface area is 332 Å². The van der Waals surface area contributed by atoms with E-state index in [4.69, 9.17) is 15.0 Å². The predicted molar refractivity (Wildman–Crippen MR) is 234 cm³/mol. The smallest absolute Gasteiger partial charge is 0.238 e. The molecule has 0 N–H and O–H groups in total. The maximum atomic E-state index is 5.41. The Morgan fingerprint density at radius 3 is 1.72 bits per heavy atom. The lowest BCUT2D eigenvalue weighted by Gasteiger charge is -2.30. The third kappa shape index (κ3) is 4.08. The van der Waals surface area contributed by atoms with Crippen molar-refractivity contribution in [1.82, 2.24) is 19.5 Å². The molecule has 0 saturated carbocycles. The van der Waals surface area contributed by atoms with Gasteiger partial charge >= 0.3 is 0 Å². The highest BCUT2D eigenvalue weighted by atomic mass is 32.1. The van der Waals surface area contributed by atoms with E-state index in [2.05, 4.69) is 168 Å². The van der Waals surface area contributed by atoms with Crippen molar-refractivity contribution < 1.29 is 0 Å². The fraction of sp³-hybridized carbons (Fsp3) is 0.0192. The van der Waals surface area contributed by atoms with Gasteiger partial charge in [-0.2, -0.15) is 9.97 Å². The molecule has 0 saturated heterocycles. The largest absolute Gasteiger partial charge is 0.278 e. The Balaban J connectivity index is 1.13. The molecule has 5 heteroatoms. The molecular formula is C52H30N4S. The maximum Gasteiger partial charge on any atom is 0.238 e. The van der Waals surface area contributed by atoms with Gasteiger partial charge in [0.1, 0.15) is 0 Å². The lowest BCUT2D eigenvalue weighted by Crippen LogP contribution is -2.25. The van der Waals surface area contributed by atoms with Gasteiger partial charge in [-0.3, -0.25) is 4.57 Å². The standard InChI is InChI=1S/C52H30N4S/c1-2-15-31(16-3-1)49-53-50(38-23-14-22-37-36-21-8-13-28-47(36)57-48(37)38)55-51(54-49)56-45-27-12-7-20-35(45)40-29-44-39(30-46(40)56)34-19-6-11-26-43(34)52(44)41-24-9-4-17-32(41)33-18-5-10-25-42(33)52/h1-30H. The van der Waals surface area contributed by atoms with Gasteiger partial charge in [0, 0.05) is 42.1 Å². The van der Waals surface area contributed by atoms with Gasteiger partial charge < -0.3 is 0 Å². The highest BCUT2D eigenvalue weighted by molar-refractivity contribution is 7.26. The van der Waals surface area contributed by atoms with Gasteiger partial charge in [-0.25, -0.2) is 4.98 Å². The van der Waals surface area contributed by atoms with E-state index in [1.807, 2.05) is 18.2 Å². The van der Waals surface area contributed by atoms with Crippen molar-refractivity contribution >= 4 is 53.3 Å². The molecule has 4 nitrogen and oxygen atoms in total. The van der Waals surface area contributed by atoms with Crippen LogP contribution in [0.25, 0.3) is 93.0 Å². The summed E-state index contributed by atoms with van der Waals surface area (Å²) in [4.78, 5) is 15.9. The van der Waals surface area contributed by atoms with Crippen molar-refractivity contribution in [2.24, 2.45) is 0 Å². The van der Waals surface area contributed by atoms with Gasteiger partial charge in [0.05, 0.1) is 16.4 Å². The first kappa shape index (κ1) is 31.0. The summed E-state index contributed by atoms with van der Waals surface area (Å²) in [7, 11) is 0. The van der Waals surface area contributed by atoms with Gasteiger partial charge in [-0.1, -0.05) is 152 Å². The second-order valence-electron chi connectivity index (χ2n) is 15.1. The van der Waals surface area contributed by atoms with Crippen molar-refractivity contribution in [3.63, 3.8) is 0 Å². The van der Waals surface area contributed by atoms with Crippen LogP contribution in [0.15, 0.2) is 182 Å². The van der Waals surface area contributed by atoms with Crippen LogP contribution in [-0.4, -0.2) is 19.5 Å². The molecule has 3 heterocycles. The first-order valence-corrected chi connectivity index (χ1v) is 20.2. The maximum absolute atomic E-state index is 5.41. The summed E-state index contributed by atoms with van der Waals surface area (Å²) >= 11 is 1.79. The van der Waals surface area contributed by atoms with Crippen LogP contribution in [0.5, 0.6) is 0 Å². The van der Waals surface area contributed by atoms with Gasteiger partial charge in [0.2, 0.25) is 5.95 Å². The lowest BCUT2D eigenvalue weighted by molar-refractivity contribution is 0.795. The summed E-state index contributed by atoms with van der Waals surface area (Å²) < 4.78 is 4.69. The normalized spacial score (nSPS) is 13.4. The number of hydrogen-bond acceptors (Lipinski definition) is 4. The summed E-state index contributed by atoms with van der Waals surface area (Å²) in [5, 5.41) is 4.80. The Morgan fingerprint density at radius 2 is 0.965 bits per heavy atom. The second kappa shape index (κ2) is 11.4. The van der Waals surface area contributed by atoms with Crippen LogP contribution < -0.4 is 0 Å². The molecule has 11 aromatic rings. The van der Waals surface area contributed by atoms with Crippen LogP contribution in [0.1, 0.15) is 22.3 Å². The number of hydrogen-bond donors (Lipinski definition) is 0. The number of rotatable bonds is 3.